The fourth-order valence-electron chi connectivity index (χ4n) is 5.82. The fraction of sp³-hybridized carbons (Fsp3) is 0.111. The summed E-state index contributed by atoms with van der Waals surface area (Å²) in [5.74, 6) is 0.317. The summed E-state index contributed by atoms with van der Waals surface area (Å²) in [6.45, 7) is 8.74. The molecule has 1 N–H and O–H groups in total. The molecule has 186 valence electrons. The van der Waals surface area contributed by atoms with E-state index in [-0.39, 0.29) is 0 Å². The largest absolute Gasteiger partial charge is 0.507 e. The van der Waals surface area contributed by atoms with Crippen LogP contribution >= 0.6 is 7.92 Å². The van der Waals surface area contributed by atoms with Crippen molar-refractivity contribution >= 4 is 45.4 Å². The zero-order valence-corrected chi connectivity index (χ0v) is 23.2. The molecule has 0 aromatic heterocycles. The molecule has 0 aliphatic heterocycles. The van der Waals surface area contributed by atoms with Gasteiger partial charge in [-0.3, -0.25) is 0 Å². The van der Waals surface area contributed by atoms with Gasteiger partial charge in [0.15, 0.2) is 0 Å². The molecule has 38 heavy (non-hydrogen) atoms. The maximum absolute atomic E-state index is 11.5. The van der Waals surface area contributed by atoms with Gasteiger partial charge in [-0.25, -0.2) is 0 Å². The van der Waals surface area contributed by atoms with Crippen LogP contribution in [0.25, 0.3) is 32.7 Å². The number of hydrogen-bond acceptors (Lipinski definition) is 1. The number of rotatable bonds is 4. The summed E-state index contributed by atoms with van der Waals surface area (Å²) in [7, 11) is -0.907. The Morgan fingerprint density at radius 1 is 0.474 bits per heavy atom. The van der Waals surface area contributed by atoms with Gasteiger partial charge in [-0.05, 0) is 79.1 Å². The highest BCUT2D eigenvalue weighted by molar-refractivity contribution is 7.80. The smallest absolute Gasteiger partial charge is 0.124 e. The summed E-state index contributed by atoms with van der Waals surface area (Å²) >= 11 is 0. The minimum Gasteiger partial charge on any atom is -0.507 e. The molecule has 0 aliphatic carbocycles. The molecule has 0 unspecified atom stereocenters. The Hall–Kier alpha value is -3.93. The van der Waals surface area contributed by atoms with Crippen molar-refractivity contribution in [1.82, 2.24) is 0 Å². The normalized spacial score (nSPS) is 11.5. The minimum atomic E-state index is -0.907. The Morgan fingerprint density at radius 3 is 1.45 bits per heavy atom. The SMILES string of the molecule is Cc1cc(C)cc(P(c2cc(C)cc(C)c2)c2ccc3ccccc3c2-c2c(O)ccc3ccccc23)c1. The van der Waals surface area contributed by atoms with Crippen LogP contribution in [0.3, 0.4) is 0 Å². The summed E-state index contributed by atoms with van der Waals surface area (Å²) in [6.07, 6.45) is 0. The molecule has 0 aliphatic rings. The lowest BCUT2D eigenvalue weighted by molar-refractivity contribution is 0.478. The van der Waals surface area contributed by atoms with Gasteiger partial charge in [-0.2, -0.15) is 0 Å². The van der Waals surface area contributed by atoms with Crippen molar-refractivity contribution in [3.8, 4) is 16.9 Å². The van der Waals surface area contributed by atoms with Crippen LogP contribution in [0.1, 0.15) is 22.3 Å². The van der Waals surface area contributed by atoms with E-state index in [1.165, 1.54) is 43.6 Å². The van der Waals surface area contributed by atoms with E-state index < -0.39 is 7.92 Å². The standard InChI is InChI=1S/C36H31OP/c1-23-17-24(2)20-29(19-23)38(30-21-25(3)18-26(4)22-30)34-16-14-28-10-6-8-12-32(28)36(34)35-31-11-7-5-9-27(31)13-15-33(35)37/h5-22,37H,1-4H3. The number of fused-ring (bicyclic) bond motifs is 2. The first kappa shape index (κ1) is 24.4. The highest BCUT2D eigenvalue weighted by Crippen LogP contribution is 2.45. The summed E-state index contributed by atoms with van der Waals surface area (Å²) in [5, 5.41) is 19.9. The Kier molecular flexibility index (Phi) is 6.26. The van der Waals surface area contributed by atoms with Gasteiger partial charge in [0.2, 0.25) is 0 Å². The predicted octanol–water partition coefficient (Wildman–Crippen LogP) is 8.36. The molecular weight excluding hydrogens is 479 g/mol. The Bertz CT molecular complexity index is 1740. The van der Waals surface area contributed by atoms with Crippen LogP contribution < -0.4 is 15.9 Å². The van der Waals surface area contributed by atoms with E-state index in [1.807, 2.05) is 12.1 Å². The second-order valence-electron chi connectivity index (χ2n) is 10.4. The van der Waals surface area contributed by atoms with E-state index in [2.05, 4.69) is 125 Å². The quantitative estimate of drug-likeness (QED) is 0.236. The summed E-state index contributed by atoms with van der Waals surface area (Å²) in [6, 6.07) is 39.2. The second kappa shape index (κ2) is 9.75. The van der Waals surface area contributed by atoms with Gasteiger partial charge in [-0.1, -0.05) is 125 Å². The van der Waals surface area contributed by atoms with Crippen LogP contribution in [0.4, 0.5) is 0 Å². The van der Waals surface area contributed by atoms with E-state index in [0.29, 0.717) is 5.75 Å². The minimum absolute atomic E-state index is 0.317. The summed E-state index contributed by atoms with van der Waals surface area (Å²) in [4.78, 5) is 0. The number of phenols is 1. The number of hydrogen-bond donors (Lipinski definition) is 1. The Labute approximate surface area is 226 Å². The van der Waals surface area contributed by atoms with Crippen molar-refractivity contribution in [3.05, 3.63) is 131 Å². The van der Waals surface area contributed by atoms with Crippen LogP contribution in [-0.4, -0.2) is 5.11 Å². The van der Waals surface area contributed by atoms with E-state index in [0.717, 1.165) is 27.3 Å². The molecule has 0 atom stereocenters. The van der Waals surface area contributed by atoms with Crippen LogP contribution in [0.5, 0.6) is 5.75 Å². The van der Waals surface area contributed by atoms with Gasteiger partial charge in [0, 0.05) is 11.1 Å². The summed E-state index contributed by atoms with van der Waals surface area (Å²) in [5.41, 5.74) is 7.12. The van der Waals surface area contributed by atoms with Gasteiger partial charge < -0.3 is 5.11 Å². The number of benzene rings is 6. The molecule has 0 heterocycles. The monoisotopic (exact) mass is 510 g/mol. The number of aryl methyl sites for hydroxylation is 4. The number of phenolic OH excluding ortho intramolecular Hbond substituents is 1. The molecule has 0 radical (unpaired) electrons. The molecule has 0 bridgehead atoms. The third-order valence-corrected chi connectivity index (χ3v) is 9.64. The van der Waals surface area contributed by atoms with E-state index in [9.17, 15) is 5.11 Å². The van der Waals surface area contributed by atoms with Crippen molar-refractivity contribution in [3.63, 3.8) is 0 Å². The molecule has 0 saturated heterocycles. The van der Waals surface area contributed by atoms with Gasteiger partial charge in [0.05, 0.1) is 0 Å². The molecule has 6 aromatic rings. The number of aromatic hydroxyl groups is 1. The third kappa shape index (κ3) is 4.38. The van der Waals surface area contributed by atoms with E-state index in [1.54, 1.807) is 0 Å². The van der Waals surface area contributed by atoms with E-state index >= 15 is 0 Å². The highest BCUT2D eigenvalue weighted by atomic mass is 31.1. The van der Waals surface area contributed by atoms with Gasteiger partial charge in [0.1, 0.15) is 5.75 Å². The Morgan fingerprint density at radius 2 is 0.921 bits per heavy atom. The predicted molar refractivity (Wildman–Crippen MR) is 166 cm³/mol. The maximum Gasteiger partial charge on any atom is 0.124 e. The first-order valence-electron chi connectivity index (χ1n) is 13.1. The van der Waals surface area contributed by atoms with Crippen molar-refractivity contribution in [2.75, 3.05) is 0 Å². The molecule has 2 heteroatoms. The van der Waals surface area contributed by atoms with Crippen molar-refractivity contribution in [1.29, 1.82) is 0 Å². The lowest BCUT2D eigenvalue weighted by Gasteiger charge is -2.26. The van der Waals surface area contributed by atoms with Crippen LogP contribution in [0.15, 0.2) is 109 Å². The molecular formula is C36H31OP. The zero-order chi connectivity index (χ0) is 26.4. The van der Waals surface area contributed by atoms with Crippen LogP contribution in [-0.2, 0) is 0 Å². The molecule has 0 amide bonds. The molecule has 6 rings (SSSR count). The zero-order valence-electron chi connectivity index (χ0n) is 22.3. The van der Waals surface area contributed by atoms with Gasteiger partial charge >= 0.3 is 0 Å². The third-order valence-electron chi connectivity index (χ3n) is 7.23. The average Bonchev–Trinajstić information content (AvgIpc) is 2.88. The molecule has 6 aromatic carbocycles. The molecule has 1 nitrogen and oxygen atoms in total. The highest BCUT2D eigenvalue weighted by Gasteiger charge is 2.25. The van der Waals surface area contributed by atoms with Gasteiger partial charge in [-0.15, -0.1) is 0 Å². The lowest BCUT2D eigenvalue weighted by atomic mass is 9.93. The molecule has 0 saturated carbocycles. The molecule has 0 spiro atoms. The van der Waals surface area contributed by atoms with Crippen molar-refractivity contribution in [2.45, 2.75) is 27.7 Å². The average molecular weight is 511 g/mol. The first-order chi connectivity index (χ1) is 18.4. The topological polar surface area (TPSA) is 20.2 Å². The first-order valence-corrected chi connectivity index (χ1v) is 14.4. The summed E-state index contributed by atoms with van der Waals surface area (Å²) < 4.78 is 0. The second-order valence-corrected chi connectivity index (χ2v) is 12.6. The van der Waals surface area contributed by atoms with E-state index in [4.69, 9.17) is 0 Å². The van der Waals surface area contributed by atoms with Gasteiger partial charge in [0.25, 0.3) is 0 Å². The van der Waals surface area contributed by atoms with Crippen LogP contribution in [0, 0.1) is 27.7 Å². The van der Waals surface area contributed by atoms with Crippen molar-refractivity contribution < 1.29 is 5.11 Å². The van der Waals surface area contributed by atoms with Crippen LogP contribution in [0.2, 0.25) is 0 Å². The molecule has 0 fully saturated rings. The maximum atomic E-state index is 11.5. The lowest BCUT2D eigenvalue weighted by Crippen LogP contribution is -2.23. The Balaban J connectivity index is 1.78. The fourth-order valence-corrected chi connectivity index (χ4v) is 8.68. The van der Waals surface area contributed by atoms with Crippen molar-refractivity contribution in [2.24, 2.45) is 0 Å².